The van der Waals surface area contributed by atoms with Gasteiger partial charge in [-0.3, -0.25) is 9.78 Å². The Bertz CT molecular complexity index is 715. The van der Waals surface area contributed by atoms with Crippen molar-refractivity contribution in [2.45, 2.75) is 32.0 Å². The first kappa shape index (κ1) is 13.7. The topological polar surface area (TPSA) is 42.4 Å². The molecule has 0 radical (unpaired) electrons. The molecule has 4 nitrogen and oxygen atoms in total. The molecule has 3 atom stereocenters. The van der Waals surface area contributed by atoms with E-state index in [1.807, 2.05) is 35.2 Å². The van der Waals surface area contributed by atoms with Crippen LogP contribution in [0.25, 0.3) is 10.9 Å². The lowest BCUT2D eigenvalue weighted by Crippen LogP contribution is -2.44. The van der Waals surface area contributed by atoms with E-state index in [1.165, 1.54) is 0 Å². The molecule has 4 heteroatoms. The van der Waals surface area contributed by atoms with E-state index in [1.54, 1.807) is 6.20 Å². The van der Waals surface area contributed by atoms with E-state index in [0.29, 0.717) is 18.1 Å². The van der Waals surface area contributed by atoms with Gasteiger partial charge in [0.15, 0.2) is 0 Å². The highest BCUT2D eigenvalue weighted by Crippen LogP contribution is 2.33. The van der Waals surface area contributed by atoms with Gasteiger partial charge in [0.05, 0.1) is 17.7 Å². The summed E-state index contributed by atoms with van der Waals surface area (Å²) in [4.78, 5) is 19.1. The van der Waals surface area contributed by atoms with E-state index < -0.39 is 0 Å². The molecule has 0 spiro atoms. The lowest BCUT2D eigenvalue weighted by molar-refractivity contribution is 0.00865. The molecule has 22 heavy (non-hydrogen) atoms. The molecular formula is C18H20N2O2. The van der Waals surface area contributed by atoms with Gasteiger partial charge < -0.3 is 9.64 Å². The molecule has 2 saturated heterocycles. The standard InChI is InChI=1S/C18H20N2O2/c1-12-9-15-11-20(8-6-17(15)22-12)18(21)14-4-5-16-13(10-14)3-2-7-19-16/h2-5,7,10,12,15,17H,6,8-9,11H2,1H3/t12-,15-,17-/m1/s1. The van der Waals surface area contributed by atoms with Crippen molar-refractivity contribution in [3.05, 3.63) is 42.1 Å². The Hall–Kier alpha value is -1.94. The fourth-order valence-corrected chi connectivity index (χ4v) is 3.77. The minimum Gasteiger partial charge on any atom is -0.375 e. The van der Waals surface area contributed by atoms with Crippen molar-refractivity contribution in [3.63, 3.8) is 0 Å². The van der Waals surface area contributed by atoms with Crippen molar-refractivity contribution >= 4 is 16.8 Å². The molecule has 1 aromatic heterocycles. The Labute approximate surface area is 130 Å². The molecular weight excluding hydrogens is 276 g/mol. The molecule has 2 fully saturated rings. The summed E-state index contributed by atoms with van der Waals surface area (Å²) in [6.45, 7) is 3.73. The third-order valence-corrected chi connectivity index (χ3v) is 4.84. The molecule has 2 aliphatic heterocycles. The molecule has 2 aromatic rings. The second kappa shape index (κ2) is 5.36. The number of amides is 1. The van der Waals surface area contributed by atoms with E-state index in [4.69, 9.17) is 4.74 Å². The quantitative estimate of drug-likeness (QED) is 0.812. The Morgan fingerprint density at radius 2 is 2.27 bits per heavy atom. The lowest BCUT2D eigenvalue weighted by Gasteiger charge is -2.34. The molecule has 114 valence electrons. The van der Waals surface area contributed by atoms with Gasteiger partial charge in [-0.2, -0.15) is 0 Å². The highest BCUT2D eigenvalue weighted by molar-refractivity contribution is 5.98. The number of pyridine rings is 1. The predicted octanol–water partition coefficient (Wildman–Crippen LogP) is 2.87. The average molecular weight is 296 g/mol. The van der Waals surface area contributed by atoms with Gasteiger partial charge >= 0.3 is 0 Å². The summed E-state index contributed by atoms with van der Waals surface area (Å²) >= 11 is 0. The van der Waals surface area contributed by atoms with Crippen LogP contribution in [0, 0.1) is 5.92 Å². The van der Waals surface area contributed by atoms with Crippen LogP contribution >= 0.6 is 0 Å². The third-order valence-electron chi connectivity index (χ3n) is 4.84. The molecule has 1 amide bonds. The van der Waals surface area contributed by atoms with Gasteiger partial charge in [-0.05, 0) is 44.0 Å². The van der Waals surface area contributed by atoms with Crippen LogP contribution in [0.2, 0.25) is 0 Å². The summed E-state index contributed by atoms with van der Waals surface area (Å²) in [5.41, 5.74) is 1.68. The minimum absolute atomic E-state index is 0.128. The highest BCUT2D eigenvalue weighted by Gasteiger charge is 2.38. The fourth-order valence-electron chi connectivity index (χ4n) is 3.77. The van der Waals surface area contributed by atoms with Gasteiger partial charge in [0.2, 0.25) is 0 Å². The maximum absolute atomic E-state index is 12.8. The first-order valence-electron chi connectivity index (χ1n) is 8.00. The molecule has 0 unspecified atom stereocenters. The number of hydrogen-bond donors (Lipinski definition) is 0. The summed E-state index contributed by atoms with van der Waals surface area (Å²) in [5.74, 6) is 0.624. The van der Waals surface area contributed by atoms with Gasteiger partial charge in [-0.25, -0.2) is 0 Å². The average Bonchev–Trinajstić information content (AvgIpc) is 2.92. The summed E-state index contributed by atoms with van der Waals surface area (Å²) < 4.78 is 5.91. The van der Waals surface area contributed by atoms with Gasteiger partial charge in [-0.15, -0.1) is 0 Å². The van der Waals surface area contributed by atoms with Gasteiger partial charge in [-0.1, -0.05) is 6.07 Å². The van der Waals surface area contributed by atoms with Crippen LogP contribution in [0.15, 0.2) is 36.5 Å². The van der Waals surface area contributed by atoms with Crippen LogP contribution < -0.4 is 0 Å². The predicted molar refractivity (Wildman–Crippen MR) is 84.7 cm³/mol. The Balaban J connectivity index is 1.55. The summed E-state index contributed by atoms with van der Waals surface area (Å²) in [5, 5.41) is 1.01. The van der Waals surface area contributed by atoms with Gasteiger partial charge in [0, 0.05) is 36.2 Å². The van der Waals surface area contributed by atoms with Crippen molar-refractivity contribution in [2.24, 2.45) is 5.92 Å². The Morgan fingerprint density at radius 3 is 3.18 bits per heavy atom. The van der Waals surface area contributed by atoms with Crippen LogP contribution in [-0.4, -0.2) is 41.1 Å². The number of aromatic nitrogens is 1. The maximum atomic E-state index is 12.8. The number of ether oxygens (including phenoxy) is 1. The monoisotopic (exact) mass is 296 g/mol. The van der Waals surface area contributed by atoms with E-state index >= 15 is 0 Å². The van der Waals surface area contributed by atoms with Crippen LogP contribution in [0.1, 0.15) is 30.1 Å². The summed E-state index contributed by atoms with van der Waals surface area (Å²) in [7, 11) is 0. The number of benzene rings is 1. The molecule has 3 heterocycles. The molecule has 2 aliphatic rings. The zero-order valence-electron chi connectivity index (χ0n) is 12.7. The molecule has 0 bridgehead atoms. The van der Waals surface area contributed by atoms with E-state index in [0.717, 1.165) is 42.4 Å². The minimum atomic E-state index is 0.128. The number of fused-ring (bicyclic) bond motifs is 2. The lowest BCUT2D eigenvalue weighted by atomic mass is 9.92. The zero-order chi connectivity index (χ0) is 15.1. The molecule has 1 aromatic carbocycles. The normalized spacial score (nSPS) is 27.9. The second-order valence-electron chi connectivity index (χ2n) is 6.43. The van der Waals surface area contributed by atoms with E-state index in [9.17, 15) is 4.79 Å². The van der Waals surface area contributed by atoms with Crippen molar-refractivity contribution in [2.75, 3.05) is 13.1 Å². The summed E-state index contributed by atoms with van der Waals surface area (Å²) in [6.07, 6.45) is 4.47. The Morgan fingerprint density at radius 1 is 1.36 bits per heavy atom. The van der Waals surface area contributed by atoms with E-state index in [-0.39, 0.29) is 5.91 Å². The number of rotatable bonds is 1. The van der Waals surface area contributed by atoms with Crippen molar-refractivity contribution in [3.8, 4) is 0 Å². The van der Waals surface area contributed by atoms with Crippen LogP contribution in [0.4, 0.5) is 0 Å². The number of carbonyl (C=O) groups excluding carboxylic acids is 1. The smallest absolute Gasteiger partial charge is 0.253 e. The third kappa shape index (κ3) is 2.37. The van der Waals surface area contributed by atoms with Crippen molar-refractivity contribution < 1.29 is 9.53 Å². The zero-order valence-corrected chi connectivity index (χ0v) is 12.7. The maximum Gasteiger partial charge on any atom is 0.253 e. The second-order valence-corrected chi connectivity index (χ2v) is 6.43. The molecule has 0 aliphatic carbocycles. The van der Waals surface area contributed by atoms with Gasteiger partial charge in [0.25, 0.3) is 5.91 Å². The van der Waals surface area contributed by atoms with Crippen molar-refractivity contribution in [1.29, 1.82) is 0 Å². The number of likely N-dealkylation sites (tertiary alicyclic amines) is 1. The van der Waals surface area contributed by atoms with E-state index in [2.05, 4.69) is 11.9 Å². The Kier molecular flexibility index (Phi) is 3.34. The number of hydrogen-bond acceptors (Lipinski definition) is 3. The number of carbonyl (C=O) groups is 1. The number of piperidine rings is 1. The van der Waals surface area contributed by atoms with Crippen molar-refractivity contribution in [1.82, 2.24) is 9.88 Å². The molecule has 0 saturated carbocycles. The van der Waals surface area contributed by atoms with Crippen LogP contribution in [0.5, 0.6) is 0 Å². The van der Waals surface area contributed by atoms with Crippen LogP contribution in [0.3, 0.4) is 0 Å². The number of nitrogens with zero attached hydrogens (tertiary/aromatic N) is 2. The first-order chi connectivity index (χ1) is 10.7. The highest BCUT2D eigenvalue weighted by atomic mass is 16.5. The first-order valence-corrected chi connectivity index (χ1v) is 8.00. The fraction of sp³-hybridized carbons (Fsp3) is 0.444. The largest absolute Gasteiger partial charge is 0.375 e. The molecule has 0 N–H and O–H groups in total. The van der Waals surface area contributed by atoms with Crippen LogP contribution in [-0.2, 0) is 4.74 Å². The SMILES string of the molecule is C[C@@H]1C[C@@H]2CN(C(=O)c3ccc4ncccc4c3)CC[C@H]2O1. The van der Waals surface area contributed by atoms with Gasteiger partial charge in [0.1, 0.15) is 0 Å². The molecule has 4 rings (SSSR count). The summed E-state index contributed by atoms with van der Waals surface area (Å²) in [6, 6.07) is 9.66.